The Balaban J connectivity index is 1.80. The molecule has 3 nitrogen and oxygen atoms in total. The van der Waals surface area contributed by atoms with Gasteiger partial charge in [-0.05, 0) is 41.3 Å². The molecule has 1 aliphatic rings. The van der Waals surface area contributed by atoms with Crippen molar-refractivity contribution >= 4 is 17.2 Å². The number of hydrogen-bond acceptors (Lipinski definition) is 3. The Morgan fingerprint density at radius 1 is 1.29 bits per heavy atom. The first-order chi connectivity index (χ1) is 10.3. The molecule has 0 spiro atoms. The van der Waals surface area contributed by atoms with Crippen LogP contribution in [0.5, 0.6) is 0 Å². The molecule has 4 rings (SSSR count). The number of nitrogens with zero attached hydrogens (tertiary/aromatic N) is 2. The Bertz CT molecular complexity index is 758. The van der Waals surface area contributed by atoms with E-state index < -0.39 is 0 Å². The van der Waals surface area contributed by atoms with E-state index in [9.17, 15) is 0 Å². The summed E-state index contributed by atoms with van der Waals surface area (Å²) in [4.78, 5) is 0. The third-order valence-corrected chi connectivity index (χ3v) is 4.81. The van der Waals surface area contributed by atoms with E-state index in [4.69, 9.17) is 5.10 Å². The highest BCUT2D eigenvalue weighted by Crippen LogP contribution is 2.34. The highest BCUT2D eigenvalue weighted by Gasteiger charge is 2.23. The van der Waals surface area contributed by atoms with Crippen molar-refractivity contribution in [1.29, 1.82) is 0 Å². The summed E-state index contributed by atoms with van der Waals surface area (Å²) in [5.41, 5.74) is 4.89. The zero-order chi connectivity index (χ0) is 14.2. The molecule has 0 saturated heterocycles. The molecule has 1 aromatic carbocycles. The zero-order valence-corrected chi connectivity index (χ0v) is 12.7. The SMILES string of the molecule is Cc1ccccc1-c1cc2n(n1)C(c1ccsc1)CCN2. The van der Waals surface area contributed by atoms with Gasteiger partial charge in [-0.2, -0.15) is 16.4 Å². The van der Waals surface area contributed by atoms with Crippen LogP contribution >= 0.6 is 11.3 Å². The third-order valence-electron chi connectivity index (χ3n) is 4.10. The Kier molecular flexibility index (Phi) is 3.04. The van der Waals surface area contributed by atoms with E-state index in [1.54, 1.807) is 11.3 Å². The lowest BCUT2D eigenvalue weighted by molar-refractivity contribution is 0.484. The van der Waals surface area contributed by atoms with Gasteiger partial charge in [0.2, 0.25) is 0 Å². The first-order valence-electron chi connectivity index (χ1n) is 7.24. The highest BCUT2D eigenvalue weighted by atomic mass is 32.1. The minimum absolute atomic E-state index is 0.352. The maximum atomic E-state index is 4.88. The van der Waals surface area contributed by atoms with E-state index in [1.807, 2.05) is 0 Å². The zero-order valence-electron chi connectivity index (χ0n) is 11.9. The molecular formula is C17H17N3S. The average molecular weight is 295 g/mol. The lowest BCUT2D eigenvalue weighted by atomic mass is 10.1. The van der Waals surface area contributed by atoms with Crippen molar-refractivity contribution < 1.29 is 0 Å². The second kappa shape index (κ2) is 5.04. The number of aryl methyl sites for hydroxylation is 1. The van der Waals surface area contributed by atoms with Gasteiger partial charge in [-0.25, -0.2) is 4.68 Å². The van der Waals surface area contributed by atoms with Crippen molar-refractivity contribution in [2.24, 2.45) is 0 Å². The van der Waals surface area contributed by atoms with Gasteiger partial charge in [0.25, 0.3) is 0 Å². The largest absolute Gasteiger partial charge is 0.370 e. The second-order valence-corrected chi connectivity index (χ2v) is 6.24. The molecule has 0 bridgehead atoms. The topological polar surface area (TPSA) is 29.9 Å². The number of thiophene rings is 1. The number of anilines is 1. The predicted molar refractivity (Wildman–Crippen MR) is 88.0 cm³/mol. The summed E-state index contributed by atoms with van der Waals surface area (Å²) in [6.45, 7) is 3.14. The van der Waals surface area contributed by atoms with Crippen LogP contribution in [0, 0.1) is 6.92 Å². The van der Waals surface area contributed by atoms with Crippen molar-refractivity contribution in [2.75, 3.05) is 11.9 Å². The van der Waals surface area contributed by atoms with Crippen LogP contribution in [0.15, 0.2) is 47.2 Å². The summed E-state index contributed by atoms with van der Waals surface area (Å²) < 4.78 is 2.15. The molecule has 0 saturated carbocycles. The van der Waals surface area contributed by atoms with E-state index in [0.29, 0.717) is 6.04 Å². The van der Waals surface area contributed by atoms with Crippen molar-refractivity contribution in [3.05, 3.63) is 58.3 Å². The van der Waals surface area contributed by atoms with Crippen molar-refractivity contribution in [3.8, 4) is 11.3 Å². The lowest BCUT2D eigenvalue weighted by Crippen LogP contribution is -2.23. The molecule has 0 amide bonds. The molecule has 21 heavy (non-hydrogen) atoms. The predicted octanol–water partition coefficient (Wildman–Crippen LogP) is 4.33. The molecule has 1 aliphatic heterocycles. The minimum atomic E-state index is 0.352. The third kappa shape index (κ3) is 2.16. The Labute approximate surface area is 128 Å². The molecule has 1 atom stereocenters. The molecule has 1 N–H and O–H groups in total. The first-order valence-corrected chi connectivity index (χ1v) is 8.19. The summed E-state index contributed by atoms with van der Waals surface area (Å²) in [6, 6.07) is 13.2. The van der Waals surface area contributed by atoms with Crippen LogP contribution in [0.3, 0.4) is 0 Å². The lowest BCUT2D eigenvalue weighted by Gasteiger charge is -2.25. The molecule has 3 heterocycles. The molecule has 4 heteroatoms. The quantitative estimate of drug-likeness (QED) is 0.763. The molecule has 2 aromatic heterocycles. The van der Waals surface area contributed by atoms with Gasteiger partial charge in [0, 0.05) is 18.2 Å². The van der Waals surface area contributed by atoms with Crippen molar-refractivity contribution in [1.82, 2.24) is 9.78 Å². The normalized spacial score (nSPS) is 17.3. The van der Waals surface area contributed by atoms with Crippen molar-refractivity contribution in [2.45, 2.75) is 19.4 Å². The van der Waals surface area contributed by atoms with Crippen LogP contribution in [0.1, 0.15) is 23.6 Å². The number of hydrogen-bond donors (Lipinski definition) is 1. The van der Waals surface area contributed by atoms with Gasteiger partial charge in [-0.15, -0.1) is 0 Å². The standard InChI is InChI=1S/C17H17N3S/c1-12-4-2-3-5-14(12)15-10-17-18-8-6-16(20(17)19-15)13-7-9-21-11-13/h2-5,7,9-11,16,18H,6,8H2,1H3. The molecule has 3 aromatic rings. The van der Waals surface area contributed by atoms with Gasteiger partial charge < -0.3 is 5.32 Å². The summed E-state index contributed by atoms with van der Waals surface area (Å²) in [5, 5.41) is 12.7. The van der Waals surface area contributed by atoms with Crippen LogP contribution in [0.2, 0.25) is 0 Å². The second-order valence-electron chi connectivity index (χ2n) is 5.46. The molecular weight excluding hydrogens is 278 g/mol. The summed E-state index contributed by atoms with van der Waals surface area (Å²) in [5.74, 6) is 1.12. The molecule has 106 valence electrons. The van der Waals surface area contributed by atoms with Gasteiger partial charge in [0.15, 0.2) is 0 Å². The Morgan fingerprint density at radius 2 is 2.19 bits per heavy atom. The molecule has 1 unspecified atom stereocenters. The van der Waals surface area contributed by atoms with E-state index in [1.165, 1.54) is 16.7 Å². The van der Waals surface area contributed by atoms with E-state index in [2.05, 4.69) is 64.1 Å². The fourth-order valence-electron chi connectivity index (χ4n) is 2.99. The summed E-state index contributed by atoms with van der Waals surface area (Å²) in [6.07, 6.45) is 1.08. The maximum Gasteiger partial charge on any atom is 0.125 e. The van der Waals surface area contributed by atoms with Crippen molar-refractivity contribution in [3.63, 3.8) is 0 Å². The van der Waals surface area contributed by atoms with E-state index in [0.717, 1.165) is 24.5 Å². The monoisotopic (exact) mass is 295 g/mol. The van der Waals surface area contributed by atoms with Gasteiger partial charge in [0.05, 0.1) is 11.7 Å². The van der Waals surface area contributed by atoms with Crippen LogP contribution in [-0.4, -0.2) is 16.3 Å². The number of rotatable bonds is 2. The van der Waals surface area contributed by atoms with Gasteiger partial charge in [-0.3, -0.25) is 0 Å². The highest BCUT2D eigenvalue weighted by molar-refractivity contribution is 7.07. The van der Waals surface area contributed by atoms with Crippen LogP contribution in [0.4, 0.5) is 5.82 Å². The van der Waals surface area contributed by atoms with Gasteiger partial charge >= 0.3 is 0 Å². The smallest absolute Gasteiger partial charge is 0.125 e. The summed E-state index contributed by atoms with van der Waals surface area (Å²) >= 11 is 1.75. The fraction of sp³-hybridized carbons (Fsp3) is 0.235. The van der Waals surface area contributed by atoms with Gasteiger partial charge in [0.1, 0.15) is 5.82 Å². The number of aromatic nitrogens is 2. The van der Waals surface area contributed by atoms with Crippen LogP contribution in [0.25, 0.3) is 11.3 Å². The molecule has 0 radical (unpaired) electrons. The number of benzene rings is 1. The molecule has 0 fully saturated rings. The van der Waals surface area contributed by atoms with Crippen LogP contribution < -0.4 is 5.32 Å². The maximum absolute atomic E-state index is 4.88. The summed E-state index contributed by atoms with van der Waals surface area (Å²) in [7, 11) is 0. The molecule has 0 aliphatic carbocycles. The minimum Gasteiger partial charge on any atom is -0.370 e. The Hall–Kier alpha value is -2.07. The average Bonchev–Trinajstić information content (AvgIpc) is 3.16. The van der Waals surface area contributed by atoms with Crippen LogP contribution in [-0.2, 0) is 0 Å². The van der Waals surface area contributed by atoms with E-state index >= 15 is 0 Å². The number of fused-ring (bicyclic) bond motifs is 1. The van der Waals surface area contributed by atoms with Gasteiger partial charge in [-0.1, -0.05) is 24.3 Å². The van der Waals surface area contributed by atoms with E-state index in [-0.39, 0.29) is 0 Å². The Morgan fingerprint density at radius 3 is 3.00 bits per heavy atom. The fourth-order valence-corrected chi connectivity index (χ4v) is 3.69. The first kappa shape index (κ1) is 12.7. The number of nitrogens with one attached hydrogen (secondary N) is 1.